The first-order chi connectivity index (χ1) is 15.2. The molecule has 0 aromatic heterocycles. The van der Waals surface area contributed by atoms with Gasteiger partial charge in [-0.25, -0.2) is 0 Å². The largest absolute Gasteiger partial charge is 0.490 e. The maximum atomic E-state index is 12.7. The van der Waals surface area contributed by atoms with Crippen LogP contribution >= 0.6 is 12.2 Å². The molecule has 7 heteroatoms. The summed E-state index contributed by atoms with van der Waals surface area (Å²) in [4.78, 5) is 12.7. The third kappa shape index (κ3) is 7.09. The van der Waals surface area contributed by atoms with Gasteiger partial charge in [0.1, 0.15) is 12.4 Å². The lowest BCUT2D eigenvalue weighted by atomic mass is 10.2. The van der Waals surface area contributed by atoms with Crippen molar-refractivity contribution in [3.63, 3.8) is 0 Å². The lowest BCUT2D eigenvalue weighted by Crippen LogP contribution is -2.34. The van der Waals surface area contributed by atoms with E-state index in [0.717, 1.165) is 17.1 Å². The molecule has 0 aliphatic rings. The molecule has 3 aromatic carbocycles. The molecule has 0 unspecified atom stereocenters. The van der Waals surface area contributed by atoms with Gasteiger partial charge in [-0.05, 0) is 67.7 Å². The highest BCUT2D eigenvalue weighted by molar-refractivity contribution is 7.80. The Morgan fingerprint density at radius 2 is 1.48 bits per heavy atom. The number of ether oxygens (including phenoxy) is 2. The zero-order valence-corrected chi connectivity index (χ0v) is 18.1. The number of amides is 1. The highest BCUT2D eigenvalue weighted by Crippen LogP contribution is 2.20. The highest BCUT2D eigenvalue weighted by Gasteiger charge is 2.13. The van der Waals surface area contributed by atoms with Gasteiger partial charge in [0.2, 0.25) is 0 Å². The standard InChI is InChI=1S/C24H25N3O3S/c1-2-29-16-17-30-22-11-7-6-10-21(22)23(28)27-24(31)26-20-14-12-19(13-15-20)25-18-8-4-3-5-9-18/h3-15,25H,2,16-17H2,1H3,(H2,26,27,28,31). The van der Waals surface area contributed by atoms with Gasteiger partial charge in [-0.3, -0.25) is 10.1 Å². The van der Waals surface area contributed by atoms with Gasteiger partial charge in [-0.2, -0.15) is 0 Å². The Kier molecular flexibility index (Phi) is 8.39. The minimum Gasteiger partial charge on any atom is -0.490 e. The number of thiocarbonyl (C=S) groups is 1. The molecule has 160 valence electrons. The number of rotatable bonds is 9. The topological polar surface area (TPSA) is 71.6 Å². The van der Waals surface area contributed by atoms with Gasteiger partial charge in [-0.1, -0.05) is 30.3 Å². The van der Waals surface area contributed by atoms with Crippen LogP contribution in [-0.4, -0.2) is 30.8 Å². The van der Waals surface area contributed by atoms with Crippen LogP contribution in [0.3, 0.4) is 0 Å². The van der Waals surface area contributed by atoms with Crippen molar-refractivity contribution in [1.82, 2.24) is 5.32 Å². The van der Waals surface area contributed by atoms with Crippen LogP contribution in [0.4, 0.5) is 17.1 Å². The second-order valence-corrected chi connectivity index (χ2v) is 6.93. The summed E-state index contributed by atoms with van der Waals surface area (Å²) in [7, 11) is 0. The zero-order valence-electron chi connectivity index (χ0n) is 17.3. The average Bonchev–Trinajstić information content (AvgIpc) is 2.79. The van der Waals surface area contributed by atoms with E-state index < -0.39 is 0 Å². The predicted octanol–water partition coefficient (Wildman–Crippen LogP) is 4.97. The van der Waals surface area contributed by atoms with Crippen molar-refractivity contribution in [2.45, 2.75) is 6.92 Å². The van der Waals surface area contributed by atoms with Crippen molar-refractivity contribution in [2.24, 2.45) is 0 Å². The molecule has 0 fully saturated rings. The monoisotopic (exact) mass is 435 g/mol. The highest BCUT2D eigenvalue weighted by atomic mass is 32.1. The quantitative estimate of drug-likeness (QED) is 0.326. The molecule has 31 heavy (non-hydrogen) atoms. The van der Waals surface area contributed by atoms with Gasteiger partial charge in [-0.15, -0.1) is 0 Å². The molecule has 0 saturated heterocycles. The first-order valence-electron chi connectivity index (χ1n) is 9.99. The van der Waals surface area contributed by atoms with Crippen LogP contribution in [0.5, 0.6) is 5.75 Å². The number of hydrogen-bond donors (Lipinski definition) is 3. The van der Waals surface area contributed by atoms with Gasteiger partial charge < -0.3 is 20.1 Å². The number of benzene rings is 3. The molecule has 0 bridgehead atoms. The molecular formula is C24H25N3O3S. The third-order valence-electron chi connectivity index (χ3n) is 4.25. The van der Waals surface area contributed by atoms with E-state index in [1.807, 2.05) is 67.6 Å². The number of carbonyl (C=O) groups excluding carboxylic acids is 1. The van der Waals surface area contributed by atoms with Crippen molar-refractivity contribution in [3.8, 4) is 5.75 Å². The van der Waals surface area contributed by atoms with Gasteiger partial charge in [0.25, 0.3) is 5.91 Å². The molecular weight excluding hydrogens is 410 g/mol. The van der Waals surface area contributed by atoms with Crippen LogP contribution in [0.2, 0.25) is 0 Å². The maximum absolute atomic E-state index is 12.7. The number of nitrogens with one attached hydrogen (secondary N) is 3. The fraction of sp³-hybridized carbons (Fsp3) is 0.167. The predicted molar refractivity (Wildman–Crippen MR) is 128 cm³/mol. The van der Waals surface area contributed by atoms with Crippen LogP contribution < -0.4 is 20.7 Å². The summed E-state index contributed by atoms with van der Waals surface area (Å²) in [5.74, 6) is 0.144. The number of anilines is 3. The first kappa shape index (κ1) is 22.3. The van der Waals surface area contributed by atoms with E-state index >= 15 is 0 Å². The summed E-state index contributed by atoms with van der Waals surface area (Å²) in [5.41, 5.74) is 3.13. The number of hydrogen-bond acceptors (Lipinski definition) is 5. The molecule has 0 saturated carbocycles. The molecule has 0 heterocycles. The normalized spacial score (nSPS) is 10.2. The number of carbonyl (C=O) groups is 1. The second kappa shape index (κ2) is 11.7. The molecule has 3 N–H and O–H groups in total. The van der Waals surface area contributed by atoms with Gasteiger partial charge >= 0.3 is 0 Å². The molecule has 6 nitrogen and oxygen atoms in total. The van der Waals surface area contributed by atoms with Crippen LogP contribution in [0.15, 0.2) is 78.9 Å². The molecule has 0 spiro atoms. The molecule has 1 amide bonds. The Morgan fingerprint density at radius 1 is 0.839 bits per heavy atom. The summed E-state index contributed by atoms with van der Waals surface area (Å²) in [6.45, 7) is 3.36. The van der Waals surface area contributed by atoms with E-state index in [4.69, 9.17) is 21.7 Å². The minimum atomic E-state index is -0.341. The van der Waals surface area contributed by atoms with Crippen LogP contribution in [0.25, 0.3) is 0 Å². The van der Waals surface area contributed by atoms with E-state index in [1.165, 1.54) is 0 Å². The summed E-state index contributed by atoms with van der Waals surface area (Å²) in [6, 6.07) is 24.6. The molecule has 0 atom stereocenters. The lowest BCUT2D eigenvalue weighted by molar-refractivity contribution is 0.0958. The Balaban J connectivity index is 1.54. The molecule has 0 aliphatic heterocycles. The Bertz CT molecular complexity index is 994. The van der Waals surface area contributed by atoms with Crippen molar-refractivity contribution < 1.29 is 14.3 Å². The van der Waals surface area contributed by atoms with E-state index in [1.54, 1.807) is 18.2 Å². The van der Waals surface area contributed by atoms with E-state index in [-0.39, 0.29) is 11.0 Å². The summed E-state index contributed by atoms with van der Waals surface area (Å²) in [6.07, 6.45) is 0. The third-order valence-corrected chi connectivity index (χ3v) is 4.46. The van der Waals surface area contributed by atoms with Crippen LogP contribution in [-0.2, 0) is 4.74 Å². The summed E-state index contributed by atoms with van der Waals surface area (Å²) < 4.78 is 10.9. The van der Waals surface area contributed by atoms with E-state index in [2.05, 4.69) is 16.0 Å². The molecule has 3 aromatic rings. The van der Waals surface area contributed by atoms with Gasteiger partial charge in [0.05, 0.1) is 12.2 Å². The smallest absolute Gasteiger partial charge is 0.261 e. The average molecular weight is 436 g/mol. The Morgan fingerprint density at radius 3 is 2.23 bits per heavy atom. The summed E-state index contributed by atoms with van der Waals surface area (Å²) >= 11 is 5.30. The molecule has 3 rings (SSSR count). The SMILES string of the molecule is CCOCCOc1ccccc1C(=O)NC(=S)Nc1ccc(Nc2ccccc2)cc1. The van der Waals surface area contributed by atoms with Crippen molar-refractivity contribution >= 4 is 40.3 Å². The van der Waals surface area contributed by atoms with Gasteiger partial charge in [0.15, 0.2) is 5.11 Å². The zero-order chi connectivity index (χ0) is 21.9. The van der Waals surface area contributed by atoms with E-state index in [0.29, 0.717) is 31.1 Å². The second-order valence-electron chi connectivity index (χ2n) is 6.52. The Labute approximate surface area is 187 Å². The summed E-state index contributed by atoms with van der Waals surface area (Å²) in [5, 5.41) is 9.24. The van der Waals surface area contributed by atoms with Crippen LogP contribution in [0.1, 0.15) is 17.3 Å². The van der Waals surface area contributed by atoms with Gasteiger partial charge in [0, 0.05) is 23.7 Å². The van der Waals surface area contributed by atoms with Crippen molar-refractivity contribution in [1.29, 1.82) is 0 Å². The van der Waals surface area contributed by atoms with E-state index in [9.17, 15) is 4.79 Å². The van der Waals surface area contributed by atoms with Crippen molar-refractivity contribution in [3.05, 3.63) is 84.4 Å². The fourth-order valence-corrected chi connectivity index (χ4v) is 3.00. The lowest BCUT2D eigenvalue weighted by Gasteiger charge is -2.13. The molecule has 0 aliphatic carbocycles. The first-order valence-corrected chi connectivity index (χ1v) is 10.4. The Hall–Kier alpha value is -3.42. The maximum Gasteiger partial charge on any atom is 0.261 e. The van der Waals surface area contributed by atoms with Crippen molar-refractivity contribution in [2.75, 3.05) is 30.5 Å². The molecule has 0 radical (unpaired) electrons. The van der Waals surface area contributed by atoms with Crippen LogP contribution in [0, 0.1) is 0 Å². The minimum absolute atomic E-state index is 0.206. The number of para-hydroxylation sites is 2. The fourth-order valence-electron chi connectivity index (χ4n) is 2.79.